The van der Waals surface area contributed by atoms with E-state index in [4.69, 9.17) is 5.73 Å². The summed E-state index contributed by atoms with van der Waals surface area (Å²) in [4.78, 5) is 8.60. The topological polar surface area (TPSA) is 82.5 Å². The molecule has 0 aromatic carbocycles. The zero-order chi connectivity index (χ0) is 11.0. The van der Waals surface area contributed by atoms with Crippen LogP contribution in [0.4, 0.5) is 5.82 Å². The maximum atomic E-state index is 5.81. The van der Waals surface area contributed by atoms with E-state index in [2.05, 4.69) is 20.3 Å². The molecule has 0 spiro atoms. The van der Waals surface area contributed by atoms with Crippen LogP contribution in [-0.4, -0.2) is 25.0 Å². The number of anilines is 1. The Morgan fingerprint density at radius 1 is 1.20 bits per heavy atom. The number of hydrogen-bond acceptors (Lipinski definition) is 5. The van der Waals surface area contributed by atoms with Crippen LogP contribution in [0.5, 0.6) is 0 Å². The lowest BCUT2D eigenvalue weighted by Crippen LogP contribution is -2.04. The lowest BCUT2D eigenvalue weighted by atomic mass is 10.2. The first kappa shape index (κ1) is 9.57. The van der Waals surface area contributed by atoms with Crippen LogP contribution in [0.1, 0.15) is 11.4 Å². The van der Waals surface area contributed by atoms with Crippen molar-refractivity contribution in [2.75, 3.05) is 5.73 Å². The number of aryl methyl sites for hydroxylation is 3. The van der Waals surface area contributed by atoms with E-state index in [0.29, 0.717) is 11.5 Å². The van der Waals surface area contributed by atoms with Crippen LogP contribution < -0.4 is 5.73 Å². The van der Waals surface area contributed by atoms with Gasteiger partial charge in [0.15, 0.2) is 5.82 Å². The van der Waals surface area contributed by atoms with Gasteiger partial charge in [0.05, 0.1) is 17.6 Å². The van der Waals surface area contributed by atoms with Crippen LogP contribution in [0.3, 0.4) is 0 Å². The first-order valence-corrected chi connectivity index (χ1v) is 4.55. The fraction of sp³-hybridized carbons (Fsp3) is 0.333. The third-order valence-electron chi connectivity index (χ3n) is 2.29. The van der Waals surface area contributed by atoms with Gasteiger partial charge in [-0.15, -0.1) is 5.10 Å². The van der Waals surface area contributed by atoms with Gasteiger partial charge in [0.1, 0.15) is 11.4 Å². The number of nitrogens with zero attached hydrogens (tertiary/aromatic N) is 5. The quantitative estimate of drug-likeness (QED) is 0.730. The van der Waals surface area contributed by atoms with Crippen molar-refractivity contribution in [1.29, 1.82) is 0 Å². The normalized spacial score (nSPS) is 10.6. The third-order valence-corrected chi connectivity index (χ3v) is 2.29. The van der Waals surface area contributed by atoms with E-state index >= 15 is 0 Å². The maximum absolute atomic E-state index is 5.81. The zero-order valence-electron chi connectivity index (χ0n) is 8.89. The van der Waals surface area contributed by atoms with Gasteiger partial charge in [-0.05, 0) is 13.8 Å². The predicted octanol–water partition coefficient (Wildman–Crippen LogP) is 0.471. The highest BCUT2D eigenvalue weighted by Gasteiger charge is 2.12. The predicted molar refractivity (Wildman–Crippen MR) is 55.9 cm³/mol. The second kappa shape index (κ2) is 3.30. The van der Waals surface area contributed by atoms with Crippen molar-refractivity contribution in [3.63, 3.8) is 0 Å². The van der Waals surface area contributed by atoms with E-state index in [1.165, 1.54) is 0 Å². The van der Waals surface area contributed by atoms with Gasteiger partial charge in [-0.2, -0.15) is 0 Å². The SMILES string of the molecule is Cc1nc(N)c(-c2cnnn2C)nc1C. The summed E-state index contributed by atoms with van der Waals surface area (Å²) >= 11 is 0. The van der Waals surface area contributed by atoms with Gasteiger partial charge in [0.25, 0.3) is 0 Å². The fourth-order valence-corrected chi connectivity index (χ4v) is 1.31. The van der Waals surface area contributed by atoms with Crippen molar-refractivity contribution >= 4 is 5.82 Å². The number of rotatable bonds is 1. The van der Waals surface area contributed by atoms with Crippen LogP contribution in [-0.2, 0) is 7.05 Å². The Morgan fingerprint density at radius 2 is 1.87 bits per heavy atom. The zero-order valence-corrected chi connectivity index (χ0v) is 8.89. The molecule has 0 saturated carbocycles. The Balaban J connectivity index is 2.64. The second-order valence-corrected chi connectivity index (χ2v) is 3.37. The van der Waals surface area contributed by atoms with Crippen LogP contribution in [0.15, 0.2) is 6.20 Å². The first-order valence-electron chi connectivity index (χ1n) is 4.55. The molecule has 0 radical (unpaired) electrons. The van der Waals surface area contributed by atoms with Crippen LogP contribution in [0.2, 0.25) is 0 Å². The van der Waals surface area contributed by atoms with E-state index in [-0.39, 0.29) is 0 Å². The molecule has 6 nitrogen and oxygen atoms in total. The van der Waals surface area contributed by atoms with Gasteiger partial charge in [0, 0.05) is 7.05 Å². The number of hydrogen-bond donors (Lipinski definition) is 1. The molecular weight excluding hydrogens is 192 g/mol. The highest BCUT2D eigenvalue weighted by atomic mass is 15.4. The summed E-state index contributed by atoms with van der Waals surface area (Å²) in [5.41, 5.74) is 8.91. The summed E-state index contributed by atoms with van der Waals surface area (Å²) in [7, 11) is 1.79. The Morgan fingerprint density at radius 3 is 2.47 bits per heavy atom. The van der Waals surface area contributed by atoms with Crippen molar-refractivity contribution in [1.82, 2.24) is 25.0 Å². The molecule has 6 heteroatoms. The van der Waals surface area contributed by atoms with Crippen LogP contribution >= 0.6 is 0 Å². The smallest absolute Gasteiger partial charge is 0.152 e. The van der Waals surface area contributed by atoms with Crippen LogP contribution in [0, 0.1) is 13.8 Å². The lowest BCUT2D eigenvalue weighted by molar-refractivity contribution is 0.718. The highest BCUT2D eigenvalue weighted by molar-refractivity contribution is 5.66. The van der Waals surface area contributed by atoms with Gasteiger partial charge in [-0.3, -0.25) is 0 Å². The summed E-state index contributed by atoms with van der Waals surface area (Å²) in [6.45, 7) is 3.78. The Kier molecular flexibility index (Phi) is 2.11. The molecule has 0 saturated heterocycles. The largest absolute Gasteiger partial charge is 0.382 e. The molecular formula is C9H12N6. The van der Waals surface area contributed by atoms with Crippen molar-refractivity contribution < 1.29 is 0 Å². The number of nitrogen functional groups attached to an aromatic ring is 1. The van der Waals surface area contributed by atoms with E-state index in [9.17, 15) is 0 Å². The van der Waals surface area contributed by atoms with Gasteiger partial charge >= 0.3 is 0 Å². The average Bonchev–Trinajstić information content (AvgIpc) is 2.58. The molecule has 0 unspecified atom stereocenters. The number of aromatic nitrogens is 5. The van der Waals surface area contributed by atoms with Gasteiger partial charge in [0.2, 0.25) is 0 Å². The Hall–Kier alpha value is -1.98. The fourth-order valence-electron chi connectivity index (χ4n) is 1.31. The van der Waals surface area contributed by atoms with Gasteiger partial charge < -0.3 is 5.73 Å². The summed E-state index contributed by atoms with van der Waals surface area (Å²) in [5.74, 6) is 0.406. The molecule has 0 amide bonds. The van der Waals surface area contributed by atoms with Gasteiger partial charge in [-0.1, -0.05) is 5.21 Å². The monoisotopic (exact) mass is 204 g/mol. The Bertz CT molecular complexity index is 501. The number of nitrogens with two attached hydrogens (primary N) is 1. The lowest BCUT2D eigenvalue weighted by Gasteiger charge is -2.06. The van der Waals surface area contributed by atoms with E-state index < -0.39 is 0 Å². The molecule has 2 aromatic heterocycles. The molecule has 2 N–H and O–H groups in total. The molecule has 0 atom stereocenters. The minimum atomic E-state index is 0.406. The second-order valence-electron chi connectivity index (χ2n) is 3.37. The molecule has 0 aliphatic heterocycles. The average molecular weight is 204 g/mol. The standard InChI is InChI=1S/C9H12N6/c1-5-6(2)13-9(10)8(12-5)7-4-11-14-15(7)3/h4H,1-3H3,(H2,10,13). The molecule has 0 aliphatic rings. The van der Waals surface area contributed by atoms with Crippen LogP contribution in [0.25, 0.3) is 11.4 Å². The van der Waals surface area contributed by atoms with Crippen molar-refractivity contribution in [2.24, 2.45) is 7.05 Å². The molecule has 2 heterocycles. The van der Waals surface area contributed by atoms with E-state index in [1.54, 1.807) is 17.9 Å². The minimum absolute atomic E-state index is 0.406. The Labute approximate surface area is 87.2 Å². The van der Waals surface area contributed by atoms with Crippen molar-refractivity contribution in [3.05, 3.63) is 17.6 Å². The summed E-state index contributed by atoms with van der Waals surface area (Å²) in [6.07, 6.45) is 1.62. The maximum Gasteiger partial charge on any atom is 0.152 e. The minimum Gasteiger partial charge on any atom is -0.382 e. The summed E-state index contributed by atoms with van der Waals surface area (Å²) in [6, 6.07) is 0. The summed E-state index contributed by atoms with van der Waals surface area (Å²) < 4.78 is 1.62. The van der Waals surface area contributed by atoms with Crippen molar-refractivity contribution in [2.45, 2.75) is 13.8 Å². The van der Waals surface area contributed by atoms with Gasteiger partial charge in [-0.25, -0.2) is 14.6 Å². The molecule has 0 fully saturated rings. The third kappa shape index (κ3) is 1.54. The molecule has 0 bridgehead atoms. The first-order chi connectivity index (χ1) is 7.09. The summed E-state index contributed by atoms with van der Waals surface area (Å²) in [5, 5.41) is 7.61. The van der Waals surface area contributed by atoms with E-state index in [1.807, 2.05) is 13.8 Å². The molecule has 15 heavy (non-hydrogen) atoms. The molecule has 78 valence electrons. The molecule has 0 aliphatic carbocycles. The molecule has 2 aromatic rings. The van der Waals surface area contributed by atoms with E-state index in [0.717, 1.165) is 17.1 Å². The molecule has 2 rings (SSSR count). The van der Waals surface area contributed by atoms with Crippen molar-refractivity contribution in [3.8, 4) is 11.4 Å². The highest BCUT2D eigenvalue weighted by Crippen LogP contribution is 2.21.